The molecule has 2 unspecified atom stereocenters. The molecular weight excluding hydrogens is 479 g/mol. The zero-order valence-corrected chi connectivity index (χ0v) is 20.5. The van der Waals surface area contributed by atoms with Crippen LogP contribution < -0.4 is 10.2 Å². The Hall–Kier alpha value is -3.54. The van der Waals surface area contributed by atoms with E-state index < -0.39 is 49.0 Å². The highest BCUT2D eigenvalue weighted by Gasteiger charge is 2.33. The van der Waals surface area contributed by atoms with Gasteiger partial charge in [-0.05, 0) is 25.0 Å². The van der Waals surface area contributed by atoms with E-state index in [9.17, 15) is 23.6 Å². The Morgan fingerprint density at radius 2 is 1.69 bits per heavy atom. The maximum atomic E-state index is 12.9. The molecule has 0 radical (unpaired) electrons. The number of carboxylic acid groups (broad SMARTS) is 1. The smallest absolute Gasteiger partial charge is 0.419 e. The van der Waals surface area contributed by atoms with Crippen LogP contribution in [0.2, 0.25) is 0 Å². The van der Waals surface area contributed by atoms with E-state index >= 15 is 0 Å². The fourth-order valence-corrected chi connectivity index (χ4v) is 3.78. The Morgan fingerprint density at radius 1 is 1.06 bits per heavy atom. The fraction of sp³-hybridized carbons (Fsp3) is 0.391. The van der Waals surface area contributed by atoms with Crippen LogP contribution in [0.25, 0.3) is 0 Å². The molecule has 2 atom stereocenters. The molecule has 0 bridgehead atoms. The Balaban J connectivity index is 0.00000100. The minimum absolute atomic E-state index is 0.410. The summed E-state index contributed by atoms with van der Waals surface area (Å²) >= 11 is 1.39. The predicted molar refractivity (Wildman–Crippen MR) is 126 cm³/mol. The van der Waals surface area contributed by atoms with Crippen molar-refractivity contribution in [1.29, 1.82) is 0 Å². The number of hydrogen-bond acceptors (Lipinski definition) is 8. The topological polar surface area (TPSA) is 139 Å². The first-order valence-electron chi connectivity index (χ1n) is 10.7. The van der Waals surface area contributed by atoms with E-state index in [1.165, 1.54) is 36.0 Å². The average Bonchev–Trinajstić information content (AvgIpc) is 2.80. The van der Waals surface area contributed by atoms with Crippen LogP contribution in [0.4, 0.5) is 20.6 Å². The van der Waals surface area contributed by atoms with Gasteiger partial charge in [-0.2, -0.15) is 10.2 Å². The number of carbonyl (C=O) groups is 4. The van der Waals surface area contributed by atoms with Crippen LogP contribution in [0.1, 0.15) is 34.1 Å². The Morgan fingerprint density at radius 3 is 2.31 bits per heavy atom. The number of nitrogens with one attached hydrogen (secondary N) is 1. The molecule has 35 heavy (non-hydrogen) atoms. The van der Waals surface area contributed by atoms with Gasteiger partial charge in [-0.25, -0.2) is 14.1 Å². The molecule has 10 nitrogen and oxygen atoms in total. The van der Waals surface area contributed by atoms with Crippen LogP contribution in [0, 0.1) is 5.92 Å². The number of ether oxygens (including phenoxy) is 1. The summed E-state index contributed by atoms with van der Waals surface area (Å²) in [7, 11) is 0. The number of aliphatic carboxylic acids is 1. The van der Waals surface area contributed by atoms with Crippen molar-refractivity contribution in [2.45, 2.75) is 56.1 Å². The van der Waals surface area contributed by atoms with Crippen LogP contribution in [-0.4, -0.2) is 57.9 Å². The van der Waals surface area contributed by atoms with Gasteiger partial charge in [0.15, 0.2) is 11.9 Å². The van der Waals surface area contributed by atoms with Crippen LogP contribution >= 0.6 is 11.8 Å². The van der Waals surface area contributed by atoms with Crippen LogP contribution in [-0.2, 0) is 19.1 Å². The molecule has 2 amide bonds. The number of nitrogens with zero attached hydrogens (tertiary/aromatic N) is 3. The Labute approximate surface area is 206 Å². The predicted octanol–water partition coefficient (Wildman–Crippen LogP) is 3.76. The summed E-state index contributed by atoms with van der Waals surface area (Å²) < 4.78 is 17.9. The van der Waals surface area contributed by atoms with Crippen molar-refractivity contribution >= 4 is 46.9 Å². The lowest BCUT2D eigenvalue weighted by Gasteiger charge is -2.30. The summed E-state index contributed by atoms with van der Waals surface area (Å²) in [6.07, 6.45) is -0.205. The van der Waals surface area contributed by atoms with E-state index in [-0.39, 0.29) is 0 Å². The molecular formula is C23H27FN4O6S. The standard InChI is InChI=1S/C19H17FN4O6S.C4H10/c1-10(18(28)23-11(6-17(26)27)14(25)7-20)30-19(29)24-12-4-2-3-5-15(12)31-16-9-22-21-8-13(16)24;1-4(2)3/h2-5,8-11H,6-7H2,1H3,(H,23,28)(H,26,27);4H,1-3H3. The molecule has 0 spiro atoms. The monoisotopic (exact) mass is 506 g/mol. The molecule has 0 saturated heterocycles. The van der Waals surface area contributed by atoms with Crippen molar-refractivity contribution in [3.05, 3.63) is 36.7 Å². The quantitative estimate of drug-likeness (QED) is 0.574. The number of carboxylic acids is 1. The van der Waals surface area contributed by atoms with Crippen molar-refractivity contribution < 1.29 is 33.4 Å². The summed E-state index contributed by atoms with van der Waals surface area (Å²) in [6.45, 7) is 6.31. The molecule has 2 heterocycles. The van der Waals surface area contributed by atoms with E-state index in [0.717, 1.165) is 10.8 Å². The second kappa shape index (κ2) is 12.8. The summed E-state index contributed by atoms with van der Waals surface area (Å²) in [5, 5.41) is 18.6. The van der Waals surface area contributed by atoms with Gasteiger partial charge in [0.25, 0.3) is 5.91 Å². The lowest BCUT2D eigenvalue weighted by atomic mass is 10.1. The molecule has 2 aromatic rings. The van der Waals surface area contributed by atoms with Crippen molar-refractivity contribution in [3.63, 3.8) is 0 Å². The average molecular weight is 507 g/mol. The van der Waals surface area contributed by atoms with Crippen LogP contribution in [0.15, 0.2) is 46.5 Å². The molecule has 0 saturated carbocycles. The van der Waals surface area contributed by atoms with Gasteiger partial charge in [-0.1, -0.05) is 44.7 Å². The molecule has 1 aromatic heterocycles. The minimum Gasteiger partial charge on any atom is -0.481 e. The van der Waals surface area contributed by atoms with E-state index in [1.807, 2.05) is 0 Å². The molecule has 1 aromatic carbocycles. The van der Waals surface area contributed by atoms with Crippen molar-refractivity contribution in [2.24, 2.45) is 5.92 Å². The van der Waals surface area contributed by atoms with Gasteiger partial charge < -0.3 is 15.2 Å². The van der Waals surface area contributed by atoms with Gasteiger partial charge in [0.05, 0.1) is 35.1 Å². The number of rotatable bonds is 7. The summed E-state index contributed by atoms with van der Waals surface area (Å²) in [6, 6.07) is 5.46. The first kappa shape index (κ1) is 27.7. The van der Waals surface area contributed by atoms with Crippen molar-refractivity contribution in [2.75, 3.05) is 11.6 Å². The highest BCUT2D eigenvalue weighted by atomic mass is 32.2. The van der Waals surface area contributed by atoms with Gasteiger partial charge in [0, 0.05) is 4.90 Å². The summed E-state index contributed by atoms with van der Waals surface area (Å²) in [4.78, 5) is 50.4. The fourth-order valence-electron chi connectivity index (χ4n) is 2.78. The third-order valence-electron chi connectivity index (χ3n) is 4.29. The number of fused-ring (bicyclic) bond motifs is 2. The number of anilines is 2. The Kier molecular flexibility index (Phi) is 10.1. The number of aromatic nitrogens is 2. The zero-order chi connectivity index (χ0) is 26.1. The van der Waals surface area contributed by atoms with E-state index in [2.05, 4.69) is 36.3 Å². The largest absolute Gasteiger partial charge is 0.481 e. The number of hydrogen-bond donors (Lipinski definition) is 2. The van der Waals surface area contributed by atoms with E-state index in [4.69, 9.17) is 9.84 Å². The van der Waals surface area contributed by atoms with Crippen LogP contribution in [0.3, 0.4) is 0 Å². The highest BCUT2D eigenvalue weighted by molar-refractivity contribution is 7.99. The number of Topliss-reactive ketones (excluding diaryl/α,β-unsaturated/α-hetero) is 1. The van der Waals surface area contributed by atoms with E-state index in [1.54, 1.807) is 24.3 Å². The maximum absolute atomic E-state index is 12.9. The number of para-hydroxylation sites is 1. The molecule has 12 heteroatoms. The zero-order valence-electron chi connectivity index (χ0n) is 19.7. The molecule has 2 N–H and O–H groups in total. The summed E-state index contributed by atoms with van der Waals surface area (Å²) in [5.74, 6) is -2.59. The van der Waals surface area contributed by atoms with Gasteiger partial charge in [-0.3, -0.25) is 14.4 Å². The van der Waals surface area contributed by atoms with Crippen molar-refractivity contribution in [3.8, 4) is 0 Å². The molecule has 1 aliphatic heterocycles. The third-order valence-corrected chi connectivity index (χ3v) is 5.39. The van der Waals surface area contributed by atoms with Gasteiger partial charge in [0.2, 0.25) is 0 Å². The van der Waals surface area contributed by atoms with Crippen molar-refractivity contribution in [1.82, 2.24) is 15.5 Å². The molecule has 0 aliphatic carbocycles. The maximum Gasteiger partial charge on any atom is 0.419 e. The first-order chi connectivity index (χ1) is 16.5. The first-order valence-corrected chi connectivity index (χ1v) is 11.6. The lowest BCUT2D eigenvalue weighted by Crippen LogP contribution is -2.48. The molecule has 188 valence electrons. The minimum atomic E-state index is -1.57. The summed E-state index contributed by atoms with van der Waals surface area (Å²) in [5.41, 5.74) is 0.926. The number of alkyl halides is 1. The molecule has 1 aliphatic rings. The second-order valence-electron chi connectivity index (χ2n) is 8.16. The van der Waals surface area contributed by atoms with Gasteiger partial charge in [-0.15, -0.1) is 0 Å². The Bertz CT molecular complexity index is 1040. The number of halogens is 1. The number of amides is 2. The molecule has 0 fully saturated rings. The number of benzene rings is 1. The third kappa shape index (κ3) is 7.74. The number of ketones is 1. The molecule has 3 rings (SSSR count). The highest BCUT2D eigenvalue weighted by Crippen LogP contribution is 2.47. The van der Waals surface area contributed by atoms with Crippen LogP contribution in [0.5, 0.6) is 0 Å². The van der Waals surface area contributed by atoms with E-state index in [0.29, 0.717) is 16.3 Å². The second-order valence-corrected chi connectivity index (χ2v) is 9.24. The van der Waals surface area contributed by atoms with Gasteiger partial charge >= 0.3 is 12.1 Å². The van der Waals surface area contributed by atoms with Gasteiger partial charge in [0.1, 0.15) is 12.7 Å². The number of carbonyl (C=O) groups excluding carboxylic acids is 3. The lowest BCUT2D eigenvalue weighted by molar-refractivity contribution is -0.141. The normalized spacial score (nSPS) is 13.4. The SMILES string of the molecule is CC(C)C.CC(OC(=O)N1c2ccccc2Sc2cnncc21)C(=O)NC(CC(=O)O)C(=O)CF.